The van der Waals surface area contributed by atoms with Crippen LogP contribution < -0.4 is 10.5 Å². The van der Waals surface area contributed by atoms with Crippen molar-refractivity contribution in [3.63, 3.8) is 0 Å². The van der Waals surface area contributed by atoms with Crippen LogP contribution in [0.2, 0.25) is 8.67 Å². The van der Waals surface area contributed by atoms with Gasteiger partial charge in [0.05, 0.1) is 21.7 Å². The molecule has 0 aliphatic heterocycles. The third kappa shape index (κ3) is 3.50. The topological polar surface area (TPSA) is 64.5 Å². The Morgan fingerprint density at radius 2 is 1.95 bits per heavy atom. The van der Waals surface area contributed by atoms with Crippen molar-refractivity contribution in [2.75, 3.05) is 5.43 Å². The first-order valence-electron chi connectivity index (χ1n) is 5.54. The number of carbonyl (C=O) groups excluding carboxylic acids is 1. The van der Waals surface area contributed by atoms with Gasteiger partial charge in [-0.2, -0.15) is 5.10 Å². The molecular formula is C13H9Cl2N2O2S-. The van der Waals surface area contributed by atoms with E-state index in [4.69, 9.17) is 23.2 Å². The van der Waals surface area contributed by atoms with E-state index < -0.39 is 5.97 Å². The van der Waals surface area contributed by atoms with Gasteiger partial charge in [-0.15, -0.1) is 11.3 Å². The van der Waals surface area contributed by atoms with Gasteiger partial charge >= 0.3 is 0 Å². The number of thiophene rings is 1. The van der Waals surface area contributed by atoms with Crippen molar-refractivity contribution in [1.29, 1.82) is 0 Å². The van der Waals surface area contributed by atoms with E-state index in [0.717, 1.165) is 5.56 Å². The highest BCUT2D eigenvalue weighted by Gasteiger charge is 2.08. The number of halogens is 2. The lowest BCUT2D eigenvalue weighted by atomic mass is 10.2. The largest absolute Gasteiger partial charge is 0.545 e. The van der Waals surface area contributed by atoms with Gasteiger partial charge in [0.1, 0.15) is 4.34 Å². The molecule has 0 saturated heterocycles. The molecule has 0 spiro atoms. The summed E-state index contributed by atoms with van der Waals surface area (Å²) in [5.41, 5.74) is 5.04. The van der Waals surface area contributed by atoms with Crippen LogP contribution in [0.3, 0.4) is 0 Å². The predicted octanol–water partition coefficient (Wildman–Crippen LogP) is 3.25. The van der Waals surface area contributed by atoms with E-state index in [-0.39, 0.29) is 5.56 Å². The maximum Gasteiger partial charge on any atom is 0.103 e. The zero-order valence-electron chi connectivity index (χ0n) is 10.3. The van der Waals surface area contributed by atoms with Crippen LogP contribution in [0.25, 0.3) is 0 Å². The number of aromatic carboxylic acids is 1. The van der Waals surface area contributed by atoms with Crippen molar-refractivity contribution in [2.24, 2.45) is 5.10 Å². The summed E-state index contributed by atoms with van der Waals surface area (Å²) >= 11 is 13.2. The third-order valence-electron chi connectivity index (χ3n) is 2.52. The summed E-state index contributed by atoms with van der Waals surface area (Å²) in [4.78, 5) is 10.6. The van der Waals surface area contributed by atoms with Crippen LogP contribution in [0, 0.1) is 0 Å². The number of nitrogens with one attached hydrogen (secondary N) is 1. The van der Waals surface area contributed by atoms with E-state index >= 15 is 0 Å². The third-order valence-corrected chi connectivity index (χ3v) is 4.01. The maximum absolute atomic E-state index is 10.6. The molecule has 0 saturated carbocycles. The summed E-state index contributed by atoms with van der Waals surface area (Å²) in [6, 6.07) is 7.83. The van der Waals surface area contributed by atoms with Gasteiger partial charge in [0, 0.05) is 5.56 Å². The van der Waals surface area contributed by atoms with E-state index in [2.05, 4.69) is 10.5 Å². The summed E-state index contributed by atoms with van der Waals surface area (Å²) in [7, 11) is 0. The fourth-order valence-electron chi connectivity index (χ4n) is 1.48. The quantitative estimate of drug-likeness (QED) is 0.692. The molecule has 0 aliphatic carbocycles. The summed E-state index contributed by atoms with van der Waals surface area (Å²) in [6.45, 7) is 1.80. The van der Waals surface area contributed by atoms with Crippen LogP contribution in [-0.4, -0.2) is 11.7 Å². The number of hydrazone groups is 1. The highest BCUT2D eigenvalue weighted by molar-refractivity contribution is 7.20. The lowest BCUT2D eigenvalue weighted by molar-refractivity contribution is -0.255. The number of rotatable bonds is 4. The van der Waals surface area contributed by atoms with Gasteiger partial charge in [-0.3, -0.25) is 5.43 Å². The Hall–Kier alpha value is -1.56. The van der Waals surface area contributed by atoms with Crippen molar-refractivity contribution < 1.29 is 9.90 Å². The number of carboxylic acids is 1. The van der Waals surface area contributed by atoms with Crippen LogP contribution in [0.15, 0.2) is 35.4 Å². The molecule has 4 nitrogen and oxygen atoms in total. The Kier molecular flexibility index (Phi) is 4.65. The molecule has 0 fully saturated rings. The molecule has 0 aliphatic rings. The Labute approximate surface area is 129 Å². The van der Waals surface area contributed by atoms with Gasteiger partial charge in [0.2, 0.25) is 0 Å². The maximum atomic E-state index is 10.6. The molecule has 0 bridgehead atoms. The van der Waals surface area contributed by atoms with E-state index in [0.29, 0.717) is 20.1 Å². The van der Waals surface area contributed by atoms with Gasteiger partial charge in [0.25, 0.3) is 0 Å². The molecule has 0 atom stereocenters. The van der Waals surface area contributed by atoms with Gasteiger partial charge in [0.15, 0.2) is 0 Å². The molecule has 2 aromatic rings. The lowest BCUT2D eigenvalue weighted by Gasteiger charge is -2.05. The number of hydrogen-bond donors (Lipinski definition) is 1. The number of carboxylic acid groups (broad SMARTS) is 1. The SMILES string of the molecule is C/C(=N\Nc1ccc(C(=O)[O-])cc1)c1cc(Cl)sc1Cl. The second-order valence-electron chi connectivity index (χ2n) is 3.91. The number of carbonyl (C=O) groups is 1. The van der Waals surface area contributed by atoms with Gasteiger partial charge in [-0.05, 0) is 30.7 Å². The fourth-order valence-corrected chi connectivity index (χ4v) is 3.04. The van der Waals surface area contributed by atoms with Crippen molar-refractivity contribution in [3.05, 3.63) is 50.1 Å². The van der Waals surface area contributed by atoms with Crippen molar-refractivity contribution in [2.45, 2.75) is 6.92 Å². The van der Waals surface area contributed by atoms with Gasteiger partial charge < -0.3 is 9.90 Å². The van der Waals surface area contributed by atoms with E-state index in [1.165, 1.54) is 23.5 Å². The Bertz CT molecular complexity index is 666. The molecule has 0 amide bonds. The standard InChI is InChI=1S/C13H10Cl2N2O2S/c1-7(10-6-11(14)20-12(10)15)16-17-9-4-2-8(3-5-9)13(18)19/h2-6,17H,1H3,(H,18,19)/p-1/b16-7+. The molecule has 0 radical (unpaired) electrons. The highest BCUT2D eigenvalue weighted by atomic mass is 35.5. The van der Waals surface area contributed by atoms with Crippen molar-refractivity contribution >= 4 is 51.9 Å². The van der Waals surface area contributed by atoms with E-state index in [1.54, 1.807) is 25.1 Å². The summed E-state index contributed by atoms with van der Waals surface area (Å²) in [5.74, 6) is -1.21. The lowest BCUT2D eigenvalue weighted by Crippen LogP contribution is -2.21. The van der Waals surface area contributed by atoms with Gasteiger partial charge in [-0.1, -0.05) is 35.3 Å². The number of hydrogen-bond acceptors (Lipinski definition) is 5. The van der Waals surface area contributed by atoms with Crippen molar-refractivity contribution in [3.8, 4) is 0 Å². The first-order chi connectivity index (χ1) is 9.47. The summed E-state index contributed by atoms with van der Waals surface area (Å²) in [5, 5.41) is 14.8. The van der Waals surface area contributed by atoms with E-state index in [9.17, 15) is 9.90 Å². The van der Waals surface area contributed by atoms with Crippen LogP contribution in [0.5, 0.6) is 0 Å². The molecule has 7 heteroatoms. The van der Waals surface area contributed by atoms with Crippen LogP contribution in [-0.2, 0) is 0 Å². The minimum Gasteiger partial charge on any atom is -0.545 e. The van der Waals surface area contributed by atoms with Gasteiger partial charge in [-0.25, -0.2) is 0 Å². The first kappa shape index (κ1) is 14.8. The number of nitrogens with zero attached hydrogens (tertiary/aromatic N) is 1. The Morgan fingerprint density at radius 1 is 1.30 bits per heavy atom. The van der Waals surface area contributed by atoms with Crippen LogP contribution in [0.4, 0.5) is 5.69 Å². The Balaban J connectivity index is 2.12. The predicted molar refractivity (Wildman–Crippen MR) is 80.9 cm³/mol. The second kappa shape index (κ2) is 6.26. The normalized spacial score (nSPS) is 11.4. The first-order valence-corrected chi connectivity index (χ1v) is 7.11. The zero-order chi connectivity index (χ0) is 14.7. The molecular weight excluding hydrogens is 319 g/mol. The molecule has 0 unspecified atom stereocenters. The molecule has 20 heavy (non-hydrogen) atoms. The molecule has 1 aromatic carbocycles. The fraction of sp³-hybridized carbons (Fsp3) is 0.0769. The minimum absolute atomic E-state index is 0.115. The van der Waals surface area contributed by atoms with E-state index in [1.807, 2.05) is 0 Å². The Morgan fingerprint density at radius 3 is 2.45 bits per heavy atom. The summed E-state index contributed by atoms with van der Waals surface area (Å²) < 4.78 is 1.17. The average Bonchev–Trinajstić information content (AvgIpc) is 2.75. The molecule has 2 rings (SSSR count). The summed E-state index contributed by atoms with van der Waals surface area (Å²) in [6.07, 6.45) is 0. The molecule has 1 aromatic heterocycles. The monoisotopic (exact) mass is 327 g/mol. The molecule has 1 heterocycles. The molecule has 1 N–H and O–H groups in total. The number of anilines is 1. The second-order valence-corrected chi connectivity index (χ2v) is 6.20. The zero-order valence-corrected chi connectivity index (χ0v) is 12.6. The highest BCUT2D eigenvalue weighted by Crippen LogP contribution is 2.31. The van der Waals surface area contributed by atoms with Crippen LogP contribution >= 0.6 is 34.5 Å². The number of benzene rings is 1. The minimum atomic E-state index is -1.21. The van der Waals surface area contributed by atoms with Crippen molar-refractivity contribution in [1.82, 2.24) is 0 Å². The average molecular weight is 328 g/mol. The molecule has 104 valence electrons. The van der Waals surface area contributed by atoms with Crippen LogP contribution in [0.1, 0.15) is 22.8 Å². The smallest absolute Gasteiger partial charge is 0.103 e.